The number of allylic oxidation sites excluding steroid dienone is 2. The third-order valence-corrected chi connectivity index (χ3v) is 8.80. The van der Waals surface area contributed by atoms with Gasteiger partial charge in [-0.2, -0.15) is 0 Å². The van der Waals surface area contributed by atoms with Crippen LogP contribution in [0.25, 0.3) is 0 Å². The number of aliphatic hydroxyl groups is 1. The number of rotatable bonds is 3. The molecule has 0 radical (unpaired) electrons. The topological polar surface area (TPSA) is 46.5 Å². The molecule has 3 nitrogen and oxygen atoms in total. The second kappa shape index (κ2) is 6.44. The molecule has 0 aromatic rings. The number of fused-ring (bicyclic) bond motifs is 5. The fraction of sp³-hybridized carbons (Fsp3) is 0.870. The Morgan fingerprint density at radius 1 is 1.15 bits per heavy atom. The van der Waals surface area contributed by atoms with Crippen molar-refractivity contribution >= 4 is 5.78 Å². The van der Waals surface area contributed by atoms with Crippen LogP contribution in [0.4, 0.5) is 0 Å². The van der Waals surface area contributed by atoms with Gasteiger partial charge in [0.25, 0.3) is 0 Å². The fourth-order valence-corrected chi connectivity index (χ4v) is 6.94. The lowest BCUT2D eigenvalue weighted by Gasteiger charge is -2.57. The van der Waals surface area contributed by atoms with Crippen LogP contribution >= 0.6 is 0 Å². The Kier molecular flexibility index (Phi) is 4.63. The van der Waals surface area contributed by atoms with E-state index in [0.29, 0.717) is 29.0 Å². The largest absolute Gasteiger partial charge is 0.391 e. The molecular weight excluding hydrogens is 324 g/mol. The van der Waals surface area contributed by atoms with Gasteiger partial charge >= 0.3 is 0 Å². The van der Waals surface area contributed by atoms with E-state index in [-0.39, 0.29) is 17.6 Å². The highest BCUT2D eigenvalue weighted by molar-refractivity contribution is 5.87. The van der Waals surface area contributed by atoms with Crippen LogP contribution in [-0.4, -0.2) is 29.2 Å². The van der Waals surface area contributed by atoms with Crippen LogP contribution in [0.2, 0.25) is 0 Å². The van der Waals surface area contributed by atoms with Crippen molar-refractivity contribution in [1.29, 1.82) is 0 Å². The molecule has 0 aromatic heterocycles. The van der Waals surface area contributed by atoms with Crippen molar-refractivity contribution in [3.63, 3.8) is 0 Å². The standard InChI is InChI=1S/C23H36O3/c1-14(24)15(2)26-20-6-5-12-22(3)18-11-13-23(4)17(9-10-21(23)25)16(18)7-8-19(20)22/h7,14-15,17-20,24H,5-6,8-13H2,1-4H3/t14-,15-,17+,18+,19-,20+,22+,23-/m0/s1. The summed E-state index contributed by atoms with van der Waals surface area (Å²) in [6, 6.07) is 0. The van der Waals surface area contributed by atoms with Crippen LogP contribution in [0.15, 0.2) is 11.6 Å². The molecule has 0 bridgehead atoms. The molecule has 0 spiro atoms. The Bertz CT molecular complexity index is 609. The summed E-state index contributed by atoms with van der Waals surface area (Å²) in [7, 11) is 0. The zero-order chi connectivity index (χ0) is 18.7. The first-order chi connectivity index (χ1) is 12.3. The Balaban J connectivity index is 1.62. The molecule has 0 heterocycles. The summed E-state index contributed by atoms with van der Waals surface area (Å²) in [6.45, 7) is 8.55. The molecule has 4 rings (SSSR count). The van der Waals surface area contributed by atoms with Gasteiger partial charge in [-0.1, -0.05) is 31.9 Å². The van der Waals surface area contributed by atoms with Crippen LogP contribution in [0.5, 0.6) is 0 Å². The maximum absolute atomic E-state index is 12.5. The van der Waals surface area contributed by atoms with Gasteiger partial charge in [0.05, 0.1) is 18.3 Å². The number of ketones is 1. The van der Waals surface area contributed by atoms with E-state index in [2.05, 4.69) is 19.9 Å². The first kappa shape index (κ1) is 18.7. The normalized spacial score (nSPS) is 47.4. The van der Waals surface area contributed by atoms with Gasteiger partial charge in [-0.15, -0.1) is 0 Å². The number of hydrogen-bond acceptors (Lipinski definition) is 3. The molecule has 3 heteroatoms. The maximum Gasteiger partial charge on any atom is 0.139 e. The van der Waals surface area contributed by atoms with Crippen molar-refractivity contribution in [3.8, 4) is 0 Å². The van der Waals surface area contributed by atoms with Crippen molar-refractivity contribution in [2.24, 2.45) is 28.6 Å². The van der Waals surface area contributed by atoms with Gasteiger partial charge in [-0.25, -0.2) is 0 Å². The van der Waals surface area contributed by atoms with E-state index >= 15 is 0 Å². The van der Waals surface area contributed by atoms with Gasteiger partial charge in [0.2, 0.25) is 0 Å². The minimum Gasteiger partial charge on any atom is -0.391 e. The average molecular weight is 361 g/mol. The molecule has 3 fully saturated rings. The Labute approximate surface area is 158 Å². The van der Waals surface area contributed by atoms with Crippen LogP contribution in [0.1, 0.15) is 79.1 Å². The van der Waals surface area contributed by atoms with E-state index in [4.69, 9.17) is 4.74 Å². The summed E-state index contributed by atoms with van der Waals surface area (Å²) in [5, 5.41) is 9.89. The van der Waals surface area contributed by atoms with Crippen LogP contribution in [-0.2, 0) is 9.53 Å². The van der Waals surface area contributed by atoms with Gasteiger partial charge in [0.1, 0.15) is 5.78 Å². The zero-order valence-electron chi connectivity index (χ0n) is 17.0. The molecule has 0 aliphatic heterocycles. The SMILES string of the molecule is C[C@H](O)[C@H](C)O[C@@H]1CCC[C@]2(C)[C@@H]3CC[C@]4(C)C(=O)CC[C@@H]4C3=CC[C@@H]12. The lowest BCUT2D eigenvalue weighted by Crippen LogP contribution is -2.52. The van der Waals surface area contributed by atoms with Crippen molar-refractivity contribution in [1.82, 2.24) is 0 Å². The second-order valence-electron chi connectivity index (χ2n) is 10.1. The van der Waals surface area contributed by atoms with Crippen LogP contribution in [0, 0.1) is 28.6 Å². The quantitative estimate of drug-likeness (QED) is 0.744. The summed E-state index contributed by atoms with van der Waals surface area (Å²) < 4.78 is 6.36. The third kappa shape index (κ3) is 2.64. The molecule has 0 saturated heterocycles. The van der Waals surface area contributed by atoms with Crippen molar-refractivity contribution < 1.29 is 14.6 Å². The van der Waals surface area contributed by atoms with E-state index in [1.54, 1.807) is 5.57 Å². The van der Waals surface area contributed by atoms with E-state index in [1.165, 1.54) is 12.8 Å². The zero-order valence-corrected chi connectivity index (χ0v) is 17.0. The molecule has 4 aliphatic carbocycles. The van der Waals surface area contributed by atoms with Crippen molar-refractivity contribution in [2.75, 3.05) is 0 Å². The van der Waals surface area contributed by atoms with Crippen molar-refractivity contribution in [3.05, 3.63) is 11.6 Å². The van der Waals surface area contributed by atoms with Gasteiger partial charge in [-0.3, -0.25) is 4.79 Å². The molecule has 0 amide bonds. The highest BCUT2D eigenvalue weighted by atomic mass is 16.5. The molecule has 26 heavy (non-hydrogen) atoms. The molecule has 4 aliphatic rings. The fourth-order valence-electron chi connectivity index (χ4n) is 6.94. The smallest absolute Gasteiger partial charge is 0.139 e. The Hall–Kier alpha value is -0.670. The second-order valence-corrected chi connectivity index (χ2v) is 10.1. The number of ether oxygens (including phenoxy) is 1. The Morgan fingerprint density at radius 2 is 1.92 bits per heavy atom. The minimum atomic E-state index is -0.419. The summed E-state index contributed by atoms with van der Waals surface area (Å²) in [5.41, 5.74) is 1.82. The average Bonchev–Trinajstić information content (AvgIpc) is 2.89. The number of carbonyl (C=O) groups is 1. The van der Waals surface area contributed by atoms with Crippen molar-refractivity contribution in [2.45, 2.75) is 97.4 Å². The maximum atomic E-state index is 12.5. The summed E-state index contributed by atoms with van der Waals surface area (Å²) in [6.07, 6.45) is 11.0. The van der Waals surface area contributed by atoms with E-state index in [0.717, 1.165) is 38.5 Å². The number of aliphatic hydroxyl groups excluding tert-OH is 1. The molecule has 1 N–H and O–H groups in total. The lowest BCUT2D eigenvalue weighted by atomic mass is 9.48. The highest BCUT2D eigenvalue weighted by Crippen LogP contribution is 2.63. The number of Topliss-reactive ketones (excluding diaryl/α,β-unsaturated/α-hetero) is 1. The first-order valence-electron chi connectivity index (χ1n) is 10.8. The predicted octanol–water partition coefficient (Wildman–Crippen LogP) is 4.67. The monoisotopic (exact) mass is 360 g/mol. The molecule has 0 unspecified atom stereocenters. The van der Waals surface area contributed by atoms with Gasteiger partial charge < -0.3 is 9.84 Å². The van der Waals surface area contributed by atoms with E-state index < -0.39 is 6.10 Å². The van der Waals surface area contributed by atoms with Crippen LogP contribution < -0.4 is 0 Å². The lowest BCUT2D eigenvalue weighted by molar-refractivity contribution is -0.141. The van der Waals surface area contributed by atoms with Gasteiger partial charge in [-0.05, 0) is 75.5 Å². The number of carbonyl (C=O) groups excluding carboxylic acids is 1. The number of hydrogen-bond donors (Lipinski definition) is 1. The van der Waals surface area contributed by atoms with Gasteiger partial charge in [0.15, 0.2) is 0 Å². The predicted molar refractivity (Wildman–Crippen MR) is 103 cm³/mol. The molecule has 3 saturated carbocycles. The summed E-state index contributed by atoms with van der Waals surface area (Å²) in [4.78, 5) is 12.5. The summed E-state index contributed by atoms with van der Waals surface area (Å²) >= 11 is 0. The summed E-state index contributed by atoms with van der Waals surface area (Å²) in [5.74, 6) is 2.17. The van der Waals surface area contributed by atoms with E-state index in [1.807, 2.05) is 13.8 Å². The molecule has 146 valence electrons. The Morgan fingerprint density at radius 3 is 2.65 bits per heavy atom. The molecule has 0 aromatic carbocycles. The minimum absolute atomic E-state index is 0.0864. The van der Waals surface area contributed by atoms with Gasteiger partial charge in [0, 0.05) is 11.8 Å². The first-order valence-corrected chi connectivity index (χ1v) is 10.8. The van der Waals surface area contributed by atoms with Crippen LogP contribution in [0.3, 0.4) is 0 Å². The molecule has 8 atom stereocenters. The third-order valence-electron chi connectivity index (χ3n) is 8.80. The highest BCUT2D eigenvalue weighted by Gasteiger charge is 2.58. The van der Waals surface area contributed by atoms with E-state index in [9.17, 15) is 9.90 Å². The molecular formula is C23H36O3.